The van der Waals surface area contributed by atoms with E-state index in [1.165, 1.54) is 5.56 Å². The molecule has 5 nitrogen and oxygen atoms in total. The van der Waals surface area contributed by atoms with Crippen molar-refractivity contribution in [2.24, 2.45) is 0 Å². The summed E-state index contributed by atoms with van der Waals surface area (Å²) < 4.78 is 5.04. The molecule has 5 heteroatoms. The number of hydrogen-bond donors (Lipinski definition) is 1. The molecule has 0 aliphatic carbocycles. The molecule has 120 valence electrons. The first-order chi connectivity index (χ1) is 11.1. The summed E-state index contributed by atoms with van der Waals surface area (Å²) >= 11 is 0. The molecule has 23 heavy (non-hydrogen) atoms. The highest BCUT2D eigenvalue weighted by Gasteiger charge is 2.32. The Morgan fingerprint density at radius 1 is 1.35 bits per heavy atom. The molecule has 1 aromatic heterocycles. The van der Waals surface area contributed by atoms with E-state index in [2.05, 4.69) is 23.3 Å². The van der Waals surface area contributed by atoms with Crippen molar-refractivity contribution in [2.45, 2.75) is 32.4 Å². The average molecular weight is 311 g/mol. The first-order valence-corrected chi connectivity index (χ1v) is 7.77. The number of rotatable bonds is 4. The van der Waals surface area contributed by atoms with Gasteiger partial charge in [0.25, 0.3) is 0 Å². The largest absolute Gasteiger partial charge is 0.481 e. The van der Waals surface area contributed by atoms with Crippen LogP contribution in [0.2, 0.25) is 0 Å². The molecule has 2 atom stereocenters. The van der Waals surface area contributed by atoms with Crippen LogP contribution in [-0.2, 0) is 11.2 Å². The second-order valence-electron chi connectivity index (χ2n) is 5.85. The summed E-state index contributed by atoms with van der Waals surface area (Å²) in [6, 6.07) is 11.6. The van der Waals surface area contributed by atoms with Crippen molar-refractivity contribution in [1.29, 1.82) is 0 Å². The lowest BCUT2D eigenvalue weighted by atomic mass is 10.1. The fourth-order valence-electron chi connectivity index (χ4n) is 3.01. The van der Waals surface area contributed by atoms with Crippen molar-refractivity contribution < 1.29 is 9.53 Å². The first kappa shape index (κ1) is 15.3. The van der Waals surface area contributed by atoms with E-state index in [1.807, 2.05) is 36.1 Å². The van der Waals surface area contributed by atoms with Crippen LogP contribution in [0.4, 0.5) is 11.4 Å². The minimum Gasteiger partial charge on any atom is -0.481 e. The Bertz CT molecular complexity index is 700. The second-order valence-corrected chi connectivity index (χ2v) is 5.85. The molecule has 0 radical (unpaired) electrons. The van der Waals surface area contributed by atoms with Gasteiger partial charge in [0.15, 0.2) is 0 Å². The van der Waals surface area contributed by atoms with Gasteiger partial charge >= 0.3 is 0 Å². The van der Waals surface area contributed by atoms with Crippen LogP contribution in [-0.4, -0.2) is 30.1 Å². The summed E-state index contributed by atoms with van der Waals surface area (Å²) in [5.41, 5.74) is 3.05. The second kappa shape index (κ2) is 6.28. The third-order valence-corrected chi connectivity index (χ3v) is 4.14. The van der Waals surface area contributed by atoms with Gasteiger partial charge in [0.05, 0.1) is 19.0 Å². The number of para-hydroxylation sites is 1. The van der Waals surface area contributed by atoms with Gasteiger partial charge in [-0.25, -0.2) is 4.98 Å². The predicted octanol–water partition coefficient (Wildman–Crippen LogP) is 2.87. The van der Waals surface area contributed by atoms with E-state index in [-0.39, 0.29) is 18.0 Å². The van der Waals surface area contributed by atoms with Gasteiger partial charge in [-0.2, -0.15) is 0 Å². The quantitative estimate of drug-likeness (QED) is 0.943. The Hall–Kier alpha value is -2.56. The minimum absolute atomic E-state index is 0.0678. The van der Waals surface area contributed by atoms with Gasteiger partial charge < -0.3 is 15.0 Å². The van der Waals surface area contributed by atoms with Crippen molar-refractivity contribution in [3.05, 3.63) is 48.2 Å². The van der Waals surface area contributed by atoms with Crippen LogP contribution >= 0.6 is 0 Å². The molecule has 1 aliphatic rings. The van der Waals surface area contributed by atoms with Crippen LogP contribution in [0, 0.1) is 0 Å². The van der Waals surface area contributed by atoms with Crippen molar-refractivity contribution in [2.75, 3.05) is 17.3 Å². The predicted molar refractivity (Wildman–Crippen MR) is 91.0 cm³/mol. The minimum atomic E-state index is -0.334. The van der Waals surface area contributed by atoms with Crippen LogP contribution < -0.4 is 15.0 Å². The Morgan fingerprint density at radius 2 is 2.13 bits per heavy atom. The normalized spacial score (nSPS) is 17.5. The van der Waals surface area contributed by atoms with E-state index in [4.69, 9.17) is 4.74 Å². The number of fused-ring (bicyclic) bond motifs is 1. The summed E-state index contributed by atoms with van der Waals surface area (Å²) in [7, 11) is 1.58. The van der Waals surface area contributed by atoms with E-state index < -0.39 is 0 Å². The Morgan fingerprint density at radius 3 is 2.83 bits per heavy atom. The average Bonchev–Trinajstić information content (AvgIpc) is 2.90. The molecule has 1 aliphatic heterocycles. The number of carbonyl (C=O) groups excluding carboxylic acids is 1. The fourth-order valence-corrected chi connectivity index (χ4v) is 3.01. The zero-order chi connectivity index (χ0) is 16.4. The van der Waals surface area contributed by atoms with Gasteiger partial charge in [0.1, 0.15) is 6.04 Å². The molecule has 0 unspecified atom stereocenters. The number of hydrogen-bond acceptors (Lipinski definition) is 4. The van der Waals surface area contributed by atoms with Gasteiger partial charge in [-0.05, 0) is 38.0 Å². The van der Waals surface area contributed by atoms with E-state index in [1.54, 1.807) is 19.4 Å². The summed E-state index contributed by atoms with van der Waals surface area (Å²) in [5.74, 6) is 0.620. The van der Waals surface area contributed by atoms with Crippen molar-refractivity contribution >= 4 is 17.3 Å². The van der Waals surface area contributed by atoms with Crippen molar-refractivity contribution in [3.8, 4) is 5.88 Å². The molecule has 2 aromatic rings. The number of methoxy groups -OCH3 is 1. The molecule has 2 heterocycles. The number of pyridine rings is 1. The molecular weight excluding hydrogens is 290 g/mol. The highest BCUT2D eigenvalue weighted by Crippen LogP contribution is 2.32. The van der Waals surface area contributed by atoms with Gasteiger partial charge in [-0.3, -0.25) is 4.79 Å². The van der Waals surface area contributed by atoms with Crippen LogP contribution in [0.5, 0.6) is 5.88 Å². The topological polar surface area (TPSA) is 54.5 Å². The van der Waals surface area contributed by atoms with E-state index in [0.29, 0.717) is 5.88 Å². The Kier molecular flexibility index (Phi) is 4.19. The van der Waals surface area contributed by atoms with Crippen LogP contribution in [0.25, 0.3) is 0 Å². The number of ether oxygens (including phenoxy) is 1. The molecule has 0 saturated carbocycles. The number of carbonyl (C=O) groups is 1. The molecule has 0 saturated heterocycles. The van der Waals surface area contributed by atoms with Gasteiger partial charge in [0, 0.05) is 17.8 Å². The van der Waals surface area contributed by atoms with Crippen LogP contribution in [0.15, 0.2) is 42.6 Å². The van der Waals surface area contributed by atoms with E-state index in [0.717, 1.165) is 17.8 Å². The molecule has 0 bridgehead atoms. The summed E-state index contributed by atoms with van der Waals surface area (Å²) in [6.45, 7) is 3.96. The maximum atomic E-state index is 12.9. The maximum Gasteiger partial charge on any atom is 0.249 e. The molecule has 0 fully saturated rings. The number of benzene rings is 1. The number of amides is 1. The molecule has 1 aromatic carbocycles. The van der Waals surface area contributed by atoms with Crippen molar-refractivity contribution in [1.82, 2.24) is 4.98 Å². The van der Waals surface area contributed by atoms with Gasteiger partial charge in [-0.15, -0.1) is 0 Å². The van der Waals surface area contributed by atoms with Crippen LogP contribution in [0.3, 0.4) is 0 Å². The molecule has 1 N–H and O–H groups in total. The van der Waals surface area contributed by atoms with Crippen molar-refractivity contribution in [3.63, 3.8) is 0 Å². The van der Waals surface area contributed by atoms with Gasteiger partial charge in [-0.1, -0.05) is 18.2 Å². The SMILES string of the molecule is COc1ccc(N[C@H](C)C(=O)N2c3ccccc3C[C@@H]2C)cn1. The third-order valence-electron chi connectivity index (χ3n) is 4.14. The smallest absolute Gasteiger partial charge is 0.249 e. The standard InChI is InChI=1S/C18H21N3O2/c1-12-10-14-6-4-5-7-16(14)21(12)18(22)13(2)20-15-8-9-17(23-3)19-11-15/h4-9,11-13,20H,10H2,1-3H3/t12-,13+/m0/s1. The number of anilines is 2. The summed E-state index contributed by atoms with van der Waals surface area (Å²) in [4.78, 5) is 18.9. The Labute approximate surface area is 136 Å². The molecule has 0 spiro atoms. The molecule has 3 rings (SSSR count). The van der Waals surface area contributed by atoms with Gasteiger partial charge in [0.2, 0.25) is 11.8 Å². The van der Waals surface area contributed by atoms with E-state index in [9.17, 15) is 4.79 Å². The first-order valence-electron chi connectivity index (χ1n) is 7.77. The summed E-state index contributed by atoms with van der Waals surface area (Å²) in [6.07, 6.45) is 2.57. The lowest BCUT2D eigenvalue weighted by Gasteiger charge is -2.27. The fraction of sp³-hybridized carbons (Fsp3) is 0.333. The summed E-state index contributed by atoms with van der Waals surface area (Å²) in [5, 5.41) is 3.21. The maximum absolute atomic E-state index is 12.9. The zero-order valence-corrected chi connectivity index (χ0v) is 13.6. The Balaban J connectivity index is 1.74. The lowest BCUT2D eigenvalue weighted by molar-refractivity contribution is -0.119. The highest BCUT2D eigenvalue weighted by atomic mass is 16.5. The molecule has 1 amide bonds. The number of nitrogens with one attached hydrogen (secondary N) is 1. The highest BCUT2D eigenvalue weighted by molar-refractivity contribution is 6.00. The molecular formula is C18H21N3O2. The van der Waals surface area contributed by atoms with Crippen LogP contribution in [0.1, 0.15) is 19.4 Å². The lowest BCUT2D eigenvalue weighted by Crippen LogP contribution is -2.44. The van der Waals surface area contributed by atoms with E-state index >= 15 is 0 Å². The third kappa shape index (κ3) is 2.99. The zero-order valence-electron chi connectivity index (χ0n) is 13.6. The number of aromatic nitrogens is 1. The number of nitrogens with zero attached hydrogens (tertiary/aromatic N) is 2. The monoisotopic (exact) mass is 311 g/mol.